The highest BCUT2D eigenvalue weighted by atomic mass is 35.5. The van der Waals surface area contributed by atoms with Gasteiger partial charge in [0, 0.05) is 28.3 Å². The van der Waals surface area contributed by atoms with E-state index in [2.05, 4.69) is 17.8 Å². The average Bonchev–Trinajstić information content (AvgIpc) is 2.74. The Morgan fingerprint density at radius 3 is 3.13 bits per heavy atom. The molecule has 1 aromatic carbocycles. The number of rotatable bonds is 1. The summed E-state index contributed by atoms with van der Waals surface area (Å²) in [5, 5.41) is 4.76. The summed E-state index contributed by atoms with van der Waals surface area (Å²) in [5.74, 6) is 1.49. The molecule has 0 aliphatic heterocycles. The molecule has 1 aromatic heterocycles. The zero-order valence-electron chi connectivity index (χ0n) is 7.83. The molecule has 0 fully saturated rings. The van der Waals surface area contributed by atoms with Gasteiger partial charge in [0.15, 0.2) is 5.76 Å². The van der Waals surface area contributed by atoms with Gasteiger partial charge in [0.05, 0.1) is 5.69 Å². The molecule has 0 amide bonds. The number of aromatic nitrogens is 1. The SMILES string of the molecule is SCc1noc2c1Cc1cc(Cl)ccc1-2. The largest absolute Gasteiger partial charge is 0.356 e. The first-order chi connectivity index (χ1) is 7.29. The highest BCUT2D eigenvalue weighted by Crippen LogP contribution is 2.39. The van der Waals surface area contributed by atoms with E-state index in [4.69, 9.17) is 16.1 Å². The van der Waals surface area contributed by atoms with E-state index in [0.717, 1.165) is 34.0 Å². The summed E-state index contributed by atoms with van der Waals surface area (Å²) >= 11 is 10.2. The van der Waals surface area contributed by atoms with E-state index in [1.807, 2.05) is 18.2 Å². The van der Waals surface area contributed by atoms with Crippen molar-refractivity contribution in [3.63, 3.8) is 0 Å². The van der Waals surface area contributed by atoms with Crippen LogP contribution in [0.2, 0.25) is 5.02 Å². The molecule has 3 rings (SSSR count). The molecule has 1 aliphatic rings. The topological polar surface area (TPSA) is 26.0 Å². The first-order valence-electron chi connectivity index (χ1n) is 4.66. The van der Waals surface area contributed by atoms with E-state index in [0.29, 0.717) is 5.75 Å². The van der Waals surface area contributed by atoms with Crippen LogP contribution in [0.1, 0.15) is 16.8 Å². The second-order valence-corrected chi connectivity index (χ2v) is 4.33. The van der Waals surface area contributed by atoms with Crippen molar-refractivity contribution in [2.45, 2.75) is 12.2 Å². The number of benzene rings is 1. The minimum absolute atomic E-state index is 0.612. The Morgan fingerprint density at radius 1 is 1.47 bits per heavy atom. The molecule has 15 heavy (non-hydrogen) atoms. The summed E-state index contributed by atoms with van der Waals surface area (Å²) in [5.41, 5.74) is 4.40. The van der Waals surface area contributed by atoms with Crippen LogP contribution in [0, 0.1) is 0 Å². The third kappa shape index (κ3) is 1.30. The van der Waals surface area contributed by atoms with Crippen molar-refractivity contribution in [2.24, 2.45) is 0 Å². The molecule has 0 bridgehead atoms. The van der Waals surface area contributed by atoms with E-state index in [1.165, 1.54) is 5.56 Å². The smallest absolute Gasteiger partial charge is 0.170 e. The Kier molecular flexibility index (Phi) is 2.04. The molecule has 0 saturated heterocycles. The molecular weight excluding hydrogens is 230 g/mol. The van der Waals surface area contributed by atoms with Crippen LogP contribution >= 0.6 is 24.2 Å². The van der Waals surface area contributed by atoms with Crippen molar-refractivity contribution in [1.29, 1.82) is 0 Å². The quantitative estimate of drug-likeness (QED) is 0.657. The normalized spacial score (nSPS) is 12.7. The summed E-state index contributed by atoms with van der Waals surface area (Å²) in [7, 11) is 0. The lowest BCUT2D eigenvalue weighted by Crippen LogP contribution is -1.86. The number of hydrogen-bond donors (Lipinski definition) is 1. The number of halogens is 1. The maximum absolute atomic E-state index is 5.95. The van der Waals surface area contributed by atoms with Gasteiger partial charge in [-0.2, -0.15) is 12.6 Å². The van der Waals surface area contributed by atoms with Gasteiger partial charge in [-0.15, -0.1) is 0 Å². The summed E-state index contributed by atoms with van der Waals surface area (Å²) < 4.78 is 5.32. The van der Waals surface area contributed by atoms with Gasteiger partial charge in [-0.05, 0) is 23.8 Å². The Balaban J connectivity index is 2.20. The second-order valence-electron chi connectivity index (χ2n) is 3.57. The fourth-order valence-electron chi connectivity index (χ4n) is 1.98. The van der Waals surface area contributed by atoms with E-state index < -0.39 is 0 Å². The lowest BCUT2D eigenvalue weighted by atomic mass is 10.1. The van der Waals surface area contributed by atoms with Gasteiger partial charge in [-0.25, -0.2) is 0 Å². The lowest BCUT2D eigenvalue weighted by Gasteiger charge is -1.98. The van der Waals surface area contributed by atoms with Gasteiger partial charge in [0.25, 0.3) is 0 Å². The Labute approximate surface area is 97.6 Å². The molecule has 76 valence electrons. The van der Waals surface area contributed by atoms with Crippen LogP contribution in [0.3, 0.4) is 0 Å². The fourth-order valence-corrected chi connectivity index (χ4v) is 2.42. The zero-order chi connectivity index (χ0) is 10.4. The Bertz CT molecular complexity index is 535. The molecule has 2 nitrogen and oxygen atoms in total. The molecule has 2 aromatic rings. The lowest BCUT2D eigenvalue weighted by molar-refractivity contribution is 0.427. The maximum Gasteiger partial charge on any atom is 0.170 e. The van der Waals surface area contributed by atoms with Crippen LogP contribution in [0.5, 0.6) is 0 Å². The van der Waals surface area contributed by atoms with Gasteiger partial charge >= 0.3 is 0 Å². The first kappa shape index (κ1) is 9.31. The van der Waals surface area contributed by atoms with Gasteiger partial charge in [0.1, 0.15) is 0 Å². The van der Waals surface area contributed by atoms with E-state index in [9.17, 15) is 0 Å². The molecule has 0 atom stereocenters. The molecular formula is C11H8ClNOS. The number of fused-ring (bicyclic) bond motifs is 3. The maximum atomic E-state index is 5.95. The van der Waals surface area contributed by atoms with Crippen LogP contribution in [-0.2, 0) is 12.2 Å². The minimum Gasteiger partial charge on any atom is -0.356 e. The monoisotopic (exact) mass is 237 g/mol. The van der Waals surface area contributed by atoms with Gasteiger partial charge in [-0.3, -0.25) is 0 Å². The number of thiol groups is 1. The predicted molar refractivity (Wildman–Crippen MR) is 62.4 cm³/mol. The average molecular weight is 238 g/mol. The van der Waals surface area contributed by atoms with Crippen molar-refractivity contribution in [3.8, 4) is 11.3 Å². The van der Waals surface area contributed by atoms with Crippen molar-refractivity contribution >= 4 is 24.2 Å². The van der Waals surface area contributed by atoms with E-state index in [-0.39, 0.29) is 0 Å². The van der Waals surface area contributed by atoms with Crippen molar-refractivity contribution in [2.75, 3.05) is 0 Å². The van der Waals surface area contributed by atoms with Gasteiger partial charge in [0.2, 0.25) is 0 Å². The van der Waals surface area contributed by atoms with Crippen molar-refractivity contribution in [1.82, 2.24) is 5.16 Å². The van der Waals surface area contributed by atoms with Crippen molar-refractivity contribution in [3.05, 3.63) is 40.0 Å². The fraction of sp³-hybridized carbons (Fsp3) is 0.182. The summed E-state index contributed by atoms with van der Waals surface area (Å²) in [4.78, 5) is 0. The number of nitrogens with zero attached hydrogens (tertiary/aromatic N) is 1. The zero-order valence-corrected chi connectivity index (χ0v) is 9.48. The highest BCUT2D eigenvalue weighted by molar-refractivity contribution is 7.79. The molecule has 0 spiro atoms. The van der Waals surface area contributed by atoms with Crippen LogP contribution in [0.25, 0.3) is 11.3 Å². The molecule has 1 aliphatic carbocycles. The minimum atomic E-state index is 0.612. The molecule has 0 radical (unpaired) electrons. The summed E-state index contributed by atoms with van der Waals surface area (Å²) in [6, 6.07) is 5.84. The first-order valence-corrected chi connectivity index (χ1v) is 5.67. The van der Waals surface area contributed by atoms with Crippen LogP contribution < -0.4 is 0 Å². The Morgan fingerprint density at radius 2 is 2.33 bits per heavy atom. The van der Waals surface area contributed by atoms with E-state index in [1.54, 1.807) is 0 Å². The van der Waals surface area contributed by atoms with Gasteiger partial charge in [-0.1, -0.05) is 16.8 Å². The number of hydrogen-bond acceptors (Lipinski definition) is 3. The third-order valence-corrected chi connectivity index (χ3v) is 3.23. The third-order valence-electron chi connectivity index (χ3n) is 2.70. The standard InChI is InChI=1S/C11H8ClNOS/c12-7-1-2-8-6(3-7)4-9-10(5-15)13-14-11(8)9/h1-3,15H,4-5H2. The van der Waals surface area contributed by atoms with Crippen LogP contribution in [0.15, 0.2) is 22.7 Å². The molecule has 0 saturated carbocycles. The molecule has 0 N–H and O–H groups in total. The molecule has 4 heteroatoms. The van der Waals surface area contributed by atoms with Gasteiger partial charge < -0.3 is 4.52 Å². The molecule has 1 heterocycles. The Hall–Kier alpha value is -0.930. The predicted octanol–water partition coefficient (Wildman–Crippen LogP) is 3.33. The highest BCUT2D eigenvalue weighted by Gasteiger charge is 2.26. The summed E-state index contributed by atoms with van der Waals surface area (Å²) in [6.45, 7) is 0. The second kappa shape index (κ2) is 3.29. The van der Waals surface area contributed by atoms with E-state index >= 15 is 0 Å². The summed E-state index contributed by atoms with van der Waals surface area (Å²) in [6.07, 6.45) is 0.852. The van der Waals surface area contributed by atoms with Crippen LogP contribution in [-0.4, -0.2) is 5.16 Å². The molecule has 0 unspecified atom stereocenters. The van der Waals surface area contributed by atoms with Crippen LogP contribution in [0.4, 0.5) is 0 Å². The van der Waals surface area contributed by atoms with Crippen molar-refractivity contribution < 1.29 is 4.52 Å².